The molecule has 0 aliphatic carbocycles. The summed E-state index contributed by atoms with van der Waals surface area (Å²) in [4.78, 5) is 15.7. The zero-order valence-corrected chi connectivity index (χ0v) is 10.7. The zero-order chi connectivity index (χ0) is 13.0. The van der Waals surface area contributed by atoms with Gasteiger partial charge in [0.15, 0.2) is 12.0 Å². The van der Waals surface area contributed by atoms with Crippen molar-refractivity contribution in [3.63, 3.8) is 0 Å². The number of nitrogens with zero attached hydrogens (tertiary/aromatic N) is 1. The van der Waals surface area contributed by atoms with Crippen LogP contribution in [0.5, 0.6) is 0 Å². The monoisotopic (exact) mass is 266 g/mol. The maximum atomic E-state index is 11.6. The number of carbonyl (C=O) groups excluding carboxylic acids is 1. The second-order valence-electron chi connectivity index (χ2n) is 3.63. The Hall–Kier alpha value is -1.73. The average Bonchev–Trinajstić information content (AvgIpc) is 2.82. The van der Waals surface area contributed by atoms with E-state index in [0.717, 1.165) is 11.1 Å². The number of aromatic nitrogens is 1. The summed E-state index contributed by atoms with van der Waals surface area (Å²) in [6, 6.07) is 3.29. The molecule has 0 bridgehead atoms. The van der Waals surface area contributed by atoms with Crippen molar-refractivity contribution in [2.24, 2.45) is 5.73 Å². The molecule has 0 fully saturated rings. The lowest BCUT2D eigenvalue weighted by molar-refractivity contribution is 0.257. The molecule has 0 aliphatic heterocycles. The van der Waals surface area contributed by atoms with Gasteiger partial charge in [-0.3, -0.25) is 4.72 Å². The highest BCUT2D eigenvalue weighted by molar-refractivity contribution is 7.97. The average molecular weight is 266 g/mol. The Morgan fingerprint density at radius 2 is 2.39 bits per heavy atom. The third-order valence-corrected chi connectivity index (χ3v) is 3.16. The first-order valence-electron chi connectivity index (χ1n) is 5.44. The fourth-order valence-corrected chi connectivity index (χ4v) is 1.93. The third kappa shape index (κ3) is 2.74. The molecular formula is C11H14N4O2S. The van der Waals surface area contributed by atoms with Crippen LogP contribution in [-0.2, 0) is 0 Å². The summed E-state index contributed by atoms with van der Waals surface area (Å²) in [5.41, 5.74) is 8.37. The van der Waals surface area contributed by atoms with Crippen molar-refractivity contribution in [3.05, 3.63) is 24.1 Å². The lowest BCUT2D eigenvalue weighted by Gasteiger charge is -2.08. The molecule has 96 valence electrons. The van der Waals surface area contributed by atoms with Crippen LogP contribution in [0.3, 0.4) is 0 Å². The summed E-state index contributed by atoms with van der Waals surface area (Å²) >= 11 is 1.27. The molecule has 7 heteroatoms. The number of anilines is 1. The molecule has 4 N–H and O–H groups in total. The first-order valence-corrected chi connectivity index (χ1v) is 6.42. The highest BCUT2D eigenvalue weighted by atomic mass is 32.2. The minimum atomic E-state index is -0.278. The summed E-state index contributed by atoms with van der Waals surface area (Å²) < 4.78 is 7.82. The molecule has 1 aromatic carbocycles. The molecule has 0 saturated heterocycles. The summed E-state index contributed by atoms with van der Waals surface area (Å²) in [6.07, 6.45) is 1.39. The van der Waals surface area contributed by atoms with Gasteiger partial charge in [0.2, 0.25) is 0 Å². The van der Waals surface area contributed by atoms with Crippen LogP contribution in [0, 0.1) is 6.92 Å². The van der Waals surface area contributed by atoms with E-state index in [1.54, 1.807) is 12.1 Å². The van der Waals surface area contributed by atoms with E-state index in [-0.39, 0.29) is 6.03 Å². The van der Waals surface area contributed by atoms with Gasteiger partial charge < -0.3 is 15.5 Å². The topological polar surface area (TPSA) is 93.2 Å². The smallest absolute Gasteiger partial charge is 0.329 e. The number of nitrogens with one attached hydrogen (secondary N) is 2. The van der Waals surface area contributed by atoms with Crippen molar-refractivity contribution in [3.8, 4) is 0 Å². The molecule has 1 heterocycles. The van der Waals surface area contributed by atoms with Crippen molar-refractivity contribution in [2.75, 3.05) is 17.6 Å². The van der Waals surface area contributed by atoms with Gasteiger partial charge in [-0.25, -0.2) is 9.78 Å². The zero-order valence-electron chi connectivity index (χ0n) is 9.90. The number of aryl methyl sites for hydroxylation is 1. The third-order valence-electron chi connectivity index (χ3n) is 2.39. The van der Waals surface area contributed by atoms with Crippen LogP contribution in [0.1, 0.15) is 5.56 Å². The van der Waals surface area contributed by atoms with E-state index in [1.807, 2.05) is 6.92 Å². The van der Waals surface area contributed by atoms with E-state index in [2.05, 4.69) is 15.0 Å². The Morgan fingerprint density at radius 1 is 1.56 bits per heavy atom. The number of urea groups is 1. The first kappa shape index (κ1) is 12.7. The number of oxazole rings is 1. The van der Waals surface area contributed by atoms with Crippen molar-refractivity contribution < 1.29 is 9.21 Å². The molecule has 6 nitrogen and oxygen atoms in total. The Labute approximate surface area is 108 Å². The van der Waals surface area contributed by atoms with Gasteiger partial charge in [-0.15, -0.1) is 0 Å². The minimum absolute atomic E-state index is 0.278. The number of hydrogen-bond acceptors (Lipinski definition) is 5. The van der Waals surface area contributed by atoms with E-state index in [9.17, 15) is 4.79 Å². The summed E-state index contributed by atoms with van der Waals surface area (Å²) in [5.74, 6) is 0.675. The van der Waals surface area contributed by atoms with Crippen LogP contribution in [-0.4, -0.2) is 23.3 Å². The van der Waals surface area contributed by atoms with Gasteiger partial charge in [-0.05, 0) is 31.0 Å². The largest absolute Gasteiger partial charge is 0.443 e. The lowest BCUT2D eigenvalue weighted by atomic mass is 10.1. The summed E-state index contributed by atoms with van der Waals surface area (Å²) in [7, 11) is 0. The molecule has 2 amide bonds. The van der Waals surface area contributed by atoms with Crippen LogP contribution < -0.4 is 15.8 Å². The number of fused-ring (bicyclic) bond motifs is 1. The number of benzene rings is 1. The van der Waals surface area contributed by atoms with Crippen LogP contribution in [0.4, 0.5) is 10.5 Å². The number of carbonyl (C=O) groups is 1. The summed E-state index contributed by atoms with van der Waals surface area (Å²) in [5, 5.41) is 2.76. The Bertz CT molecular complexity index is 555. The van der Waals surface area contributed by atoms with E-state index in [1.165, 1.54) is 18.3 Å². The van der Waals surface area contributed by atoms with Crippen LogP contribution in [0.2, 0.25) is 0 Å². The second-order valence-corrected chi connectivity index (χ2v) is 4.53. The second kappa shape index (κ2) is 5.74. The SMILES string of the molecule is Cc1c(NC(=O)NSCCN)ccc2ocnc12. The van der Waals surface area contributed by atoms with Crippen molar-refractivity contribution in [2.45, 2.75) is 6.92 Å². The molecule has 2 aromatic rings. The number of amides is 2. The Morgan fingerprint density at radius 3 is 3.17 bits per heavy atom. The molecule has 2 rings (SSSR count). The van der Waals surface area contributed by atoms with E-state index < -0.39 is 0 Å². The number of rotatable bonds is 4. The van der Waals surface area contributed by atoms with Crippen molar-refractivity contribution in [1.29, 1.82) is 0 Å². The van der Waals surface area contributed by atoms with Gasteiger partial charge >= 0.3 is 6.03 Å². The predicted molar refractivity (Wildman–Crippen MR) is 72.4 cm³/mol. The molecule has 1 aromatic heterocycles. The lowest BCUT2D eigenvalue weighted by Crippen LogP contribution is -2.24. The maximum absolute atomic E-state index is 11.6. The van der Waals surface area contributed by atoms with Crippen LogP contribution >= 0.6 is 11.9 Å². The van der Waals surface area contributed by atoms with Gasteiger partial charge in [0.1, 0.15) is 5.52 Å². The van der Waals surface area contributed by atoms with E-state index in [0.29, 0.717) is 23.6 Å². The minimum Gasteiger partial charge on any atom is -0.443 e. The first-order chi connectivity index (χ1) is 8.72. The van der Waals surface area contributed by atoms with Gasteiger partial charge in [0.05, 0.1) is 0 Å². The Balaban J connectivity index is 2.07. The standard InChI is InChI=1S/C11H14N4O2S/c1-7-8(14-11(16)15-18-5-4-12)2-3-9-10(7)13-6-17-9/h2-3,6H,4-5,12H2,1H3,(H2,14,15,16). The van der Waals surface area contributed by atoms with Gasteiger partial charge in [-0.2, -0.15) is 0 Å². The number of nitrogens with two attached hydrogens (primary N) is 1. The molecule has 18 heavy (non-hydrogen) atoms. The predicted octanol–water partition coefficient (Wildman–Crippen LogP) is 1.86. The molecule has 0 spiro atoms. The highest BCUT2D eigenvalue weighted by Gasteiger charge is 2.09. The highest BCUT2D eigenvalue weighted by Crippen LogP contribution is 2.24. The van der Waals surface area contributed by atoms with Gasteiger partial charge in [0.25, 0.3) is 0 Å². The number of hydrogen-bond donors (Lipinski definition) is 3. The van der Waals surface area contributed by atoms with Gasteiger partial charge in [0, 0.05) is 23.5 Å². The van der Waals surface area contributed by atoms with Crippen molar-refractivity contribution >= 4 is 34.8 Å². The van der Waals surface area contributed by atoms with Crippen LogP contribution in [0.25, 0.3) is 11.1 Å². The molecule has 0 unspecified atom stereocenters. The molecule has 0 aliphatic rings. The molecular weight excluding hydrogens is 252 g/mol. The quantitative estimate of drug-likeness (QED) is 0.580. The fraction of sp³-hybridized carbons (Fsp3) is 0.273. The molecule has 0 atom stereocenters. The van der Waals surface area contributed by atoms with E-state index >= 15 is 0 Å². The van der Waals surface area contributed by atoms with Crippen LogP contribution in [0.15, 0.2) is 22.9 Å². The normalized spacial score (nSPS) is 10.6. The molecule has 0 saturated carbocycles. The Kier molecular flexibility index (Phi) is 4.06. The maximum Gasteiger partial charge on any atom is 0.329 e. The molecule has 0 radical (unpaired) electrons. The fourth-order valence-electron chi connectivity index (χ4n) is 1.53. The van der Waals surface area contributed by atoms with E-state index in [4.69, 9.17) is 10.2 Å². The van der Waals surface area contributed by atoms with Crippen molar-refractivity contribution in [1.82, 2.24) is 9.71 Å². The summed E-state index contributed by atoms with van der Waals surface area (Å²) in [6.45, 7) is 2.41. The van der Waals surface area contributed by atoms with Gasteiger partial charge in [-0.1, -0.05) is 0 Å².